The van der Waals surface area contributed by atoms with Gasteiger partial charge in [-0.2, -0.15) is 0 Å². The maximum Gasteiger partial charge on any atom is 0.237 e. The maximum atomic E-state index is 12.8. The Bertz CT molecular complexity index is 1070. The molecule has 0 bridgehead atoms. The summed E-state index contributed by atoms with van der Waals surface area (Å²) >= 11 is 1.43. The summed E-state index contributed by atoms with van der Waals surface area (Å²) in [5.41, 5.74) is 3.40. The molecule has 2 unspecified atom stereocenters. The van der Waals surface area contributed by atoms with Crippen molar-refractivity contribution in [2.45, 2.75) is 49.7 Å². The molecule has 1 saturated heterocycles. The molecule has 1 N–H and O–H groups in total. The number of hydrogen-bond acceptors (Lipinski definition) is 5. The van der Waals surface area contributed by atoms with Gasteiger partial charge in [0.25, 0.3) is 0 Å². The highest BCUT2D eigenvalue weighted by molar-refractivity contribution is 8.00. The van der Waals surface area contributed by atoms with Crippen molar-refractivity contribution >= 4 is 29.1 Å². The van der Waals surface area contributed by atoms with E-state index in [9.17, 15) is 9.59 Å². The summed E-state index contributed by atoms with van der Waals surface area (Å²) in [4.78, 5) is 28.9. The lowest BCUT2D eigenvalue weighted by Gasteiger charge is -2.18. The fourth-order valence-corrected chi connectivity index (χ4v) is 4.60. The van der Waals surface area contributed by atoms with Gasteiger partial charge in [0.05, 0.1) is 29.8 Å². The normalized spacial score (nSPS) is 16.6. The third kappa shape index (κ3) is 5.29. The summed E-state index contributed by atoms with van der Waals surface area (Å²) in [6.07, 6.45) is 4.14. The van der Waals surface area contributed by atoms with Crippen molar-refractivity contribution in [3.05, 3.63) is 66.4 Å². The first-order valence-corrected chi connectivity index (χ1v) is 11.7. The zero-order chi connectivity index (χ0) is 22.5. The van der Waals surface area contributed by atoms with Crippen LogP contribution in [0.4, 0.5) is 5.69 Å². The van der Waals surface area contributed by atoms with Crippen LogP contribution >= 0.6 is 11.8 Å². The molecular formula is C25H27N3O3S. The molecule has 6 nitrogen and oxygen atoms in total. The predicted molar refractivity (Wildman–Crippen MR) is 127 cm³/mol. The van der Waals surface area contributed by atoms with E-state index >= 15 is 0 Å². The van der Waals surface area contributed by atoms with Gasteiger partial charge in [-0.1, -0.05) is 42.1 Å². The van der Waals surface area contributed by atoms with Crippen LogP contribution in [0.15, 0.2) is 66.0 Å². The Labute approximate surface area is 192 Å². The van der Waals surface area contributed by atoms with Crippen LogP contribution in [-0.2, 0) is 16.1 Å². The SMILES string of the molecule is CC(=O)c1ccc(NC(=O)C(C)Sc2ncc(-c3ccccc3)n2CC2CCCO2)cc1. The van der Waals surface area contributed by atoms with E-state index in [0.717, 1.165) is 35.9 Å². The monoisotopic (exact) mass is 449 g/mol. The molecule has 2 atom stereocenters. The van der Waals surface area contributed by atoms with Gasteiger partial charge in [-0.3, -0.25) is 9.59 Å². The van der Waals surface area contributed by atoms with Gasteiger partial charge >= 0.3 is 0 Å². The first-order chi connectivity index (χ1) is 15.5. The lowest BCUT2D eigenvalue weighted by molar-refractivity contribution is -0.115. The Balaban J connectivity index is 1.50. The molecule has 2 aromatic carbocycles. The quantitative estimate of drug-likeness (QED) is 0.385. The Morgan fingerprint density at radius 1 is 1.19 bits per heavy atom. The number of ketones is 1. The summed E-state index contributed by atoms with van der Waals surface area (Å²) in [6.45, 7) is 4.91. The van der Waals surface area contributed by atoms with Crippen molar-refractivity contribution in [2.24, 2.45) is 0 Å². The molecule has 7 heteroatoms. The number of imidazole rings is 1. The van der Waals surface area contributed by atoms with E-state index in [4.69, 9.17) is 4.74 Å². The molecule has 2 heterocycles. The highest BCUT2D eigenvalue weighted by Crippen LogP contribution is 2.30. The topological polar surface area (TPSA) is 73.2 Å². The van der Waals surface area contributed by atoms with Crippen LogP contribution < -0.4 is 5.32 Å². The highest BCUT2D eigenvalue weighted by Gasteiger charge is 2.23. The molecule has 3 aromatic rings. The van der Waals surface area contributed by atoms with Crippen LogP contribution in [0.2, 0.25) is 0 Å². The first-order valence-electron chi connectivity index (χ1n) is 10.8. The number of nitrogens with zero attached hydrogens (tertiary/aromatic N) is 2. The number of hydrogen-bond donors (Lipinski definition) is 1. The van der Waals surface area contributed by atoms with Gasteiger partial charge in [0, 0.05) is 17.9 Å². The Hall–Kier alpha value is -2.90. The molecule has 1 aliphatic rings. The van der Waals surface area contributed by atoms with Gasteiger partial charge in [-0.15, -0.1) is 0 Å². The standard InChI is InChI=1S/C25H27N3O3S/c1-17(29)19-10-12-21(13-11-19)27-24(30)18(2)32-25-26-15-23(20-7-4-3-5-8-20)28(25)16-22-9-6-14-31-22/h3-5,7-8,10-13,15,18,22H,6,9,14,16H2,1-2H3,(H,27,30). The zero-order valence-corrected chi connectivity index (χ0v) is 19.1. The van der Waals surface area contributed by atoms with Gasteiger partial charge in [-0.25, -0.2) is 4.98 Å². The fourth-order valence-electron chi connectivity index (χ4n) is 3.70. The third-order valence-electron chi connectivity index (χ3n) is 5.51. The van der Waals surface area contributed by atoms with E-state index in [1.165, 1.54) is 18.7 Å². The molecule has 0 saturated carbocycles. The Morgan fingerprint density at radius 3 is 2.59 bits per heavy atom. The minimum atomic E-state index is -0.350. The number of carbonyl (C=O) groups is 2. The minimum absolute atomic E-state index is 0.000834. The third-order valence-corrected chi connectivity index (χ3v) is 6.61. The van der Waals surface area contributed by atoms with Crippen molar-refractivity contribution < 1.29 is 14.3 Å². The fraction of sp³-hybridized carbons (Fsp3) is 0.320. The number of carbonyl (C=O) groups excluding carboxylic acids is 2. The Morgan fingerprint density at radius 2 is 1.94 bits per heavy atom. The second kappa shape index (κ2) is 10.1. The number of benzene rings is 2. The first kappa shape index (κ1) is 22.3. The van der Waals surface area contributed by atoms with E-state index in [1.807, 2.05) is 31.3 Å². The van der Waals surface area contributed by atoms with E-state index < -0.39 is 0 Å². The van der Waals surface area contributed by atoms with Crippen LogP contribution in [0.3, 0.4) is 0 Å². The molecule has 1 amide bonds. The summed E-state index contributed by atoms with van der Waals surface area (Å²) in [5, 5.41) is 3.38. The molecule has 4 rings (SSSR count). The number of nitrogens with one attached hydrogen (secondary N) is 1. The van der Waals surface area contributed by atoms with Crippen LogP contribution in [0.5, 0.6) is 0 Å². The van der Waals surface area contributed by atoms with Crippen LogP contribution in [-0.4, -0.2) is 39.2 Å². The van der Waals surface area contributed by atoms with E-state index in [0.29, 0.717) is 17.8 Å². The average Bonchev–Trinajstić information content (AvgIpc) is 3.45. The van der Waals surface area contributed by atoms with Crippen LogP contribution in [0, 0.1) is 0 Å². The molecule has 0 radical (unpaired) electrons. The van der Waals surface area contributed by atoms with Crippen molar-refractivity contribution in [1.82, 2.24) is 9.55 Å². The summed E-state index contributed by atoms with van der Waals surface area (Å²) in [6, 6.07) is 17.1. The largest absolute Gasteiger partial charge is 0.376 e. The van der Waals surface area contributed by atoms with Crippen molar-refractivity contribution in [3.8, 4) is 11.3 Å². The average molecular weight is 450 g/mol. The van der Waals surface area contributed by atoms with Gasteiger partial charge in [0.2, 0.25) is 5.91 Å². The summed E-state index contributed by atoms with van der Waals surface area (Å²) in [7, 11) is 0. The summed E-state index contributed by atoms with van der Waals surface area (Å²) in [5.74, 6) is -0.113. The van der Waals surface area contributed by atoms with Crippen molar-refractivity contribution in [1.29, 1.82) is 0 Å². The van der Waals surface area contributed by atoms with Gasteiger partial charge in [0.1, 0.15) is 0 Å². The molecular weight excluding hydrogens is 422 g/mol. The minimum Gasteiger partial charge on any atom is -0.376 e. The highest BCUT2D eigenvalue weighted by atomic mass is 32.2. The lowest BCUT2D eigenvalue weighted by Crippen LogP contribution is -2.23. The van der Waals surface area contributed by atoms with E-state index in [-0.39, 0.29) is 23.0 Å². The number of amides is 1. The second-order valence-corrected chi connectivity index (χ2v) is 9.23. The molecule has 1 aromatic heterocycles. The van der Waals surface area contributed by atoms with Gasteiger partial charge < -0.3 is 14.6 Å². The zero-order valence-electron chi connectivity index (χ0n) is 18.3. The second-order valence-electron chi connectivity index (χ2n) is 7.92. The smallest absolute Gasteiger partial charge is 0.237 e. The molecule has 166 valence electrons. The van der Waals surface area contributed by atoms with Crippen LogP contribution in [0.25, 0.3) is 11.3 Å². The van der Waals surface area contributed by atoms with Crippen molar-refractivity contribution in [3.63, 3.8) is 0 Å². The molecule has 0 aliphatic carbocycles. The molecule has 1 aliphatic heterocycles. The maximum absolute atomic E-state index is 12.8. The summed E-state index contributed by atoms with van der Waals surface area (Å²) < 4.78 is 8.04. The molecule has 1 fully saturated rings. The number of thioether (sulfide) groups is 1. The molecule has 32 heavy (non-hydrogen) atoms. The van der Waals surface area contributed by atoms with Gasteiger partial charge in [-0.05, 0) is 56.5 Å². The lowest BCUT2D eigenvalue weighted by atomic mass is 10.1. The van der Waals surface area contributed by atoms with Crippen LogP contribution in [0.1, 0.15) is 37.0 Å². The number of rotatable bonds is 8. The predicted octanol–water partition coefficient (Wildman–Crippen LogP) is 5.05. The number of Topliss-reactive ketones (excluding diaryl/α,β-unsaturated/α-hetero) is 1. The van der Waals surface area contributed by atoms with Crippen molar-refractivity contribution in [2.75, 3.05) is 11.9 Å². The number of aromatic nitrogens is 2. The van der Waals surface area contributed by atoms with E-state index in [2.05, 4.69) is 27.0 Å². The molecule has 0 spiro atoms. The number of anilines is 1. The number of ether oxygens (including phenoxy) is 1. The van der Waals surface area contributed by atoms with Gasteiger partial charge in [0.15, 0.2) is 10.9 Å². The van der Waals surface area contributed by atoms with E-state index in [1.54, 1.807) is 24.3 Å². The Kier molecular flexibility index (Phi) is 7.07.